The maximum Gasteiger partial charge on any atom is 0.0163 e. The Morgan fingerprint density at radius 2 is 2.07 bits per heavy atom. The molecule has 15 heavy (non-hydrogen) atoms. The molecule has 1 fully saturated rings. The highest BCUT2D eigenvalue weighted by molar-refractivity contribution is 4.83. The van der Waals surface area contributed by atoms with Crippen LogP contribution in [0, 0.1) is 5.92 Å². The van der Waals surface area contributed by atoms with Crippen molar-refractivity contribution in [2.45, 2.75) is 33.1 Å². The molecule has 1 aliphatic rings. The topological polar surface area (TPSA) is 15.3 Å². The van der Waals surface area contributed by atoms with Crippen molar-refractivity contribution in [2.75, 3.05) is 32.7 Å². The van der Waals surface area contributed by atoms with Gasteiger partial charge in [-0.3, -0.25) is 4.90 Å². The normalized spacial score (nSPS) is 20.1. The molecule has 0 aromatic carbocycles. The molecule has 2 nitrogen and oxygen atoms in total. The van der Waals surface area contributed by atoms with E-state index in [9.17, 15) is 0 Å². The Hall–Kier alpha value is -0.340. The molecule has 0 radical (unpaired) electrons. The van der Waals surface area contributed by atoms with E-state index in [1.54, 1.807) is 0 Å². The van der Waals surface area contributed by atoms with Gasteiger partial charge in [0.2, 0.25) is 0 Å². The number of rotatable bonds is 6. The zero-order chi connectivity index (χ0) is 10.9. The fourth-order valence-corrected chi connectivity index (χ4v) is 2.11. The van der Waals surface area contributed by atoms with Crippen molar-refractivity contribution < 1.29 is 0 Å². The van der Waals surface area contributed by atoms with Crippen LogP contribution in [0.3, 0.4) is 0 Å². The SMILES string of the molecule is CC=CCN1CCC(CNCCC)CC1. The van der Waals surface area contributed by atoms with Gasteiger partial charge in [0.15, 0.2) is 0 Å². The molecule has 88 valence electrons. The number of hydrogen-bond acceptors (Lipinski definition) is 2. The smallest absolute Gasteiger partial charge is 0.0163 e. The fraction of sp³-hybridized carbons (Fsp3) is 0.846. The van der Waals surface area contributed by atoms with Crippen LogP contribution < -0.4 is 5.32 Å². The van der Waals surface area contributed by atoms with Gasteiger partial charge in [-0.2, -0.15) is 0 Å². The first-order valence-electron chi connectivity index (χ1n) is 6.41. The Labute approximate surface area is 94.7 Å². The monoisotopic (exact) mass is 210 g/mol. The third kappa shape index (κ3) is 5.33. The third-order valence-corrected chi connectivity index (χ3v) is 3.17. The fourth-order valence-electron chi connectivity index (χ4n) is 2.11. The second-order valence-electron chi connectivity index (χ2n) is 4.52. The molecule has 0 saturated carbocycles. The van der Waals surface area contributed by atoms with Gasteiger partial charge >= 0.3 is 0 Å². The number of hydrogen-bond donors (Lipinski definition) is 1. The van der Waals surface area contributed by atoms with Gasteiger partial charge in [0.25, 0.3) is 0 Å². The zero-order valence-electron chi connectivity index (χ0n) is 10.3. The standard InChI is InChI=1S/C13H26N2/c1-3-5-9-15-10-6-13(7-11-15)12-14-8-4-2/h3,5,13-14H,4,6-12H2,1-2H3. The van der Waals surface area contributed by atoms with Gasteiger partial charge in [0.05, 0.1) is 0 Å². The third-order valence-electron chi connectivity index (χ3n) is 3.17. The average Bonchev–Trinajstić information content (AvgIpc) is 2.28. The summed E-state index contributed by atoms with van der Waals surface area (Å²) in [7, 11) is 0. The molecule has 0 amide bonds. The molecular formula is C13H26N2. The maximum absolute atomic E-state index is 3.53. The summed E-state index contributed by atoms with van der Waals surface area (Å²) in [6.45, 7) is 10.4. The molecule has 0 aliphatic carbocycles. The molecule has 1 saturated heterocycles. The minimum Gasteiger partial charge on any atom is -0.316 e. The highest BCUT2D eigenvalue weighted by atomic mass is 15.1. The molecule has 2 heteroatoms. The molecule has 0 unspecified atom stereocenters. The summed E-state index contributed by atoms with van der Waals surface area (Å²) < 4.78 is 0. The summed E-state index contributed by atoms with van der Waals surface area (Å²) in [4.78, 5) is 2.55. The van der Waals surface area contributed by atoms with E-state index in [2.05, 4.69) is 36.2 Å². The van der Waals surface area contributed by atoms with E-state index in [0.29, 0.717) is 0 Å². The largest absolute Gasteiger partial charge is 0.316 e. The van der Waals surface area contributed by atoms with Gasteiger partial charge < -0.3 is 5.32 Å². The van der Waals surface area contributed by atoms with Gasteiger partial charge in [-0.05, 0) is 58.3 Å². The van der Waals surface area contributed by atoms with Crippen LogP contribution in [0.4, 0.5) is 0 Å². The van der Waals surface area contributed by atoms with E-state index in [1.165, 1.54) is 45.4 Å². The molecule has 0 aromatic heterocycles. The minimum atomic E-state index is 0.915. The molecule has 1 aliphatic heterocycles. The first-order valence-corrected chi connectivity index (χ1v) is 6.41. The van der Waals surface area contributed by atoms with Crippen LogP contribution in [0.2, 0.25) is 0 Å². The van der Waals surface area contributed by atoms with E-state index >= 15 is 0 Å². The molecule has 1 rings (SSSR count). The van der Waals surface area contributed by atoms with E-state index in [-0.39, 0.29) is 0 Å². The van der Waals surface area contributed by atoms with Crippen molar-refractivity contribution in [1.29, 1.82) is 0 Å². The van der Waals surface area contributed by atoms with Crippen LogP contribution in [0.1, 0.15) is 33.1 Å². The number of piperidine rings is 1. The summed E-state index contributed by atoms with van der Waals surface area (Å²) in [6.07, 6.45) is 8.40. The molecule has 0 atom stereocenters. The Morgan fingerprint density at radius 3 is 2.67 bits per heavy atom. The van der Waals surface area contributed by atoms with Crippen molar-refractivity contribution in [3.05, 3.63) is 12.2 Å². The highest BCUT2D eigenvalue weighted by Crippen LogP contribution is 2.15. The first-order chi connectivity index (χ1) is 7.36. The van der Waals surface area contributed by atoms with Crippen molar-refractivity contribution in [1.82, 2.24) is 10.2 Å². The lowest BCUT2D eigenvalue weighted by Crippen LogP contribution is -2.37. The number of allylic oxidation sites excluding steroid dienone is 1. The molecular weight excluding hydrogens is 184 g/mol. The van der Waals surface area contributed by atoms with Gasteiger partial charge in [0, 0.05) is 6.54 Å². The summed E-state index contributed by atoms with van der Waals surface area (Å²) in [5.74, 6) is 0.915. The second kappa shape index (κ2) is 7.89. The van der Waals surface area contributed by atoms with E-state index in [4.69, 9.17) is 0 Å². The van der Waals surface area contributed by atoms with Crippen LogP contribution >= 0.6 is 0 Å². The van der Waals surface area contributed by atoms with Gasteiger partial charge in [-0.1, -0.05) is 19.1 Å². The molecule has 1 N–H and O–H groups in total. The van der Waals surface area contributed by atoms with Gasteiger partial charge in [-0.15, -0.1) is 0 Å². The van der Waals surface area contributed by atoms with Gasteiger partial charge in [-0.25, -0.2) is 0 Å². The first kappa shape index (κ1) is 12.7. The number of nitrogens with zero attached hydrogens (tertiary/aromatic N) is 1. The maximum atomic E-state index is 3.53. The van der Waals surface area contributed by atoms with E-state index < -0.39 is 0 Å². The van der Waals surface area contributed by atoms with Crippen LogP contribution in [-0.4, -0.2) is 37.6 Å². The number of likely N-dealkylation sites (tertiary alicyclic amines) is 1. The lowest BCUT2D eigenvalue weighted by Gasteiger charge is -2.31. The Bertz CT molecular complexity index is 169. The lowest BCUT2D eigenvalue weighted by molar-refractivity contribution is 0.198. The highest BCUT2D eigenvalue weighted by Gasteiger charge is 2.17. The average molecular weight is 210 g/mol. The number of nitrogens with one attached hydrogen (secondary N) is 1. The van der Waals surface area contributed by atoms with Crippen molar-refractivity contribution >= 4 is 0 Å². The molecule has 0 spiro atoms. The van der Waals surface area contributed by atoms with Crippen molar-refractivity contribution in [2.24, 2.45) is 5.92 Å². The van der Waals surface area contributed by atoms with Crippen LogP contribution in [-0.2, 0) is 0 Å². The summed E-state index contributed by atoms with van der Waals surface area (Å²) in [5.41, 5.74) is 0. The molecule has 0 bridgehead atoms. The lowest BCUT2D eigenvalue weighted by atomic mass is 9.97. The minimum absolute atomic E-state index is 0.915. The Morgan fingerprint density at radius 1 is 1.33 bits per heavy atom. The van der Waals surface area contributed by atoms with E-state index in [0.717, 1.165) is 12.5 Å². The summed E-state index contributed by atoms with van der Waals surface area (Å²) in [6, 6.07) is 0. The summed E-state index contributed by atoms with van der Waals surface area (Å²) >= 11 is 0. The van der Waals surface area contributed by atoms with E-state index in [1.807, 2.05) is 0 Å². The predicted molar refractivity (Wildman–Crippen MR) is 67.1 cm³/mol. The molecule has 0 aromatic rings. The molecule has 1 heterocycles. The van der Waals surface area contributed by atoms with Crippen LogP contribution in [0.5, 0.6) is 0 Å². The summed E-state index contributed by atoms with van der Waals surface area (Å²) in [5, 5.41) is 3.53. The van der Waals surface area contributed by atoms with Gasteiger partial charge in [0.1, 0.15) is 0 Å². The quantitative estimate of drug-likeness (QED) is 0.534. The zero-order valence-corrected chi connectivity index (χ0v) is 10.3. The predicted octanol–water partition coefficient (Wildman–Crippen LogP) is 2.27. The Kier molecular flexibility index (Phi) is 6.69. The van der Waals surface area contributed by atoms with Crippen molar-refractivity contribution in [3.8, 4) is 0 Å². The Balaban J connectivity index is 2.07. The van der Waals surface area contributed by atoms with Crippen molar-refractivity contribution in [3.63, 3.8) is 0 Å². The second-order valence-corrected chi connectivity index (χ2v) is 4.52. The van der Waals surface area contributed by atoms with Crippen LogP contribution in [0.25, 0.3) is 0 Å². The van der Waals surface area contributed by atoms with Crippen LogP contribution in [0.15, 0.2) is 12.2 Å².